The van der Waals surface area contributed by atoms with E-state index in [1.54, 1.807) is 6.07 Å². The molecule has 1 amide bonds. The average Bonchev–Trinajstić information content (AvgIpc) is 3.00. The highest BCUT2D eigenvalue weighted by atomic mass is 35.5. The lowest BCUT2D eigenvalue weighted by molar-refractivity contribution is 0.102. The predicted octanol–water partition coefficient (Wildman–Crippen LogP) is 3.64. The SMILES string of the molecule is Cc1cc(OCCNC(C)C)ccc1NC(=O)c1ccoc1.Cl. The molecule has 0 saturated heterocycles. The van der Waals surface area contributed by atoms with Crippen molar-refractivity contribution in [3.8, 4) is 5.75 Å². The van der Waals surface area contributed by atoms with Gasteiger partial charge in [-0.2, -0.15) is 0 Å². The van der Waals surface area contributed by atoms with Gasteiger partial charge in [-0.15, -0.1) is 12.4 Å². The number of nitrogens with one attached hydrogen (secondary N) is 2. The van der Waals surface area contributed by atoms with Crippen molar-refractivity contribution in [2.45, 2.75) is 26.8 Å². The molecule has 1 aromatic heterocycles. The zero-order valence-corrected chi connectivity index (χ0v) is 14.4. The molecule has 126 valence electrons. The van der Waals surface area contributed by atoms with Crippen LogP contribution in [0.2, 0.25) is 0 Å². The molecule has 0 aliphatic carbocycles. The molecule has 1 aromatic carbocycles. The van der Waals surface area contributed by atoms with Crippen LogP contribution in [0.15, 0.2) is 41.2 Å². The molecular formula is C17H23ClN2O3. The molecular weight excluding hydrogens is 316 g/mol. The monoisotopic (exact) mass is 338 g/mol. The van der Waals surface area contributed by atoms with Crippen molar-refractivity contribution in [2.75, 3.05) is 18.5 Å². The van der Waals surface area contributed by atoms with Gasteiger partial charge in [0.25, 0.3) is 5.91 Å². The third kappa shape index (κ3) is 5.96. The minimum absolute atomic E-state index is 0. The average molecular weight is 339 g/mol. The summed E-state index contributed by atoms with van der Waals surface area (Å²) in [5.41, 5.74) is 2.21. The van der Waals surface area contributed by atoms with Crippen molar-refractivity contribution in [2.24, 2.45) is 0 Å². The Morgan fingerprint density at radius 3 is 2.70 bits per heavy atom. The van der Waals surface area contributed by atoms with Gasteiger partial charge < -0.3 is 19.8 Å². The quantitative estimate of drug-likeness (QED) is 0.756. The fraction of sp³-hybridized carbons (Fsp3) is 0.353. The molecule has 0 aliphatic rings. The number of furan rings is 1. The van der Waals surface area contributed by atoms with Gasteiger partial charge in [-0.1, -0.05) is 13.8 Å². The number of amides is 1. The lowest BCUT2D eigenvalue weighted by atomic mass is 10.2. The highest BCUT2D eigenvalue weighted by Crippen LogP contribution is 2.22. The first-order chi connectivity index (χ1) is 10.6. The maximum absolute atomic E-state index is 12.0. The van der Waals surface area contributed by atoms with E-state index in [4.69, 9.17) is 9.15 Å². The van der Waals surface area contributed by atoms with E-state index < -0.39 is 0 Å². The van der Waals surface area contributed by atoms with E-state index in [2.05, 4.69) is 24.5 Å². The Kier molecular flexibility index (Phi) is 7.65. The summed E-state index contributed by atoms with van der Waals surface area (Å²) in [7, 11) is 0. The third-order valence-electron chi connectivity index (χ3n) is 3.15. The third-order valence-corrected chi connectivity index (χ3v) is 3.15. The second-order valence-electron chi connectivity index (χ2n) is 5.40. The van der Waals surface area contributed by atoms with Gasteiger partial charge in [-0.05, 0) is 36.8 Å². The van der Waals surface area contributed by atoms with Gasteiger partial charge in [-0.3, -0.25) is 4.79 Å². The van der Waals surface area contributed by atoms with Gasteiger partial charge in [0.1, 0.15) is 18.6 Å². The van der Waals surface area contributed by atoms with E-state index in [1.807, 2.05) is 25.1 Å². The van der Waals surface area contributed by atoms with E-state index in [-0.39, 0.29) is 18.3 Å². The van der Waals surface area contributed by atoms with E-state index in [1.165, 1.54) is 12.5 Å². The first-order valence-electron chi connectivity index (χ1n) is 7.36. The summed E-state index contributed by atoms with van der Waals surface area (Å²) in [6.07, 6.45) is 2.90. The zero-order valence-electron chi connectivity index (χ0n) is 13.6. The van der Waals surface area contributed by atoms with Crippen molar-refractivity contribution in [3.63, 3.8) is 0 Å². The molecule has 6 heteroatoms. The molecule has 2 rings (SSSR count). The second-order valence-corrected chi connectivity index (χ2v) is 5.40. The van der Waals surface area contributed by atoms with Crippen molar-refractivity contribution in [3.05, 3.63) is 47.9 Å². The van der Waals surface area contributed by atoms with Crippen molar-refractivity contribution in [1.82, 2.24) is 5.32 Å². The van der Waals surface area contributed by atoms with Crippen LogP contribution in [0, 0.1) is 6.92 Å². The van der Waals surface area contributed by atoms with E-state index in [9.17, 15) is 4.79 Å². The van der Waals surface area contributed by atoms with Crippen LogP contribution in [0.3, 0.4) is 0 Å². The smallest absolute Gasteiger partial charge is 0.258 e. The minimum Gasteiger partial charge on any atom is -0.492 e. The molecule has 0 spiro atoms. The van der Waals surface area contributed by atoms with Gasteiger partial charge in [0.05, 0.1) is 11.8 Å². The molecule has 0 atom stereocenters. The maximum Gasteiger partial charge on any atom is 0.258 e. The number of anilines is 1. The second kappa shape index (κ2) is 9.22. The van der Waals surface area contributed by atoms with Crippen LogP contribution in [0.4, 0.5) is 5.69 Å². The van der Waals surface area contributed by atoms with E-state index >= 15 is 0 Å². The minimum atomic E-state index is -0.188. The van der Waals surface area contributed by atoms with Crippen LogP contribution >= 0.6 is 12.4 Å². The Labute approximate surface area is 142 Å². The van der Waals surface area contributed by atoms with E-state index in [0.717, 1.165) is 23.5 Å². The summed E-state index contributed by atoms with van der Waals surface area (Å²) < 4.78 is 10.6. The molecule has 5 nitrogen and oxygen atoms in total. The molecule has 2 N–H and O–H groups in total. The lowest BCUT2D eigenvalue weighted by Crippen LogP contribution is -2.27. The predicted molar refractivity (Wildman–Crippen MR) is 93.7 cm³/mol. The normalized spacial score (nSPS) is 10.3. The molecule has 0 saturated carbocycles. The highest BCUT2D eigenvalue weighted by Gasteiger charge is 2.09. The van der Waals surface area contributed by atoms with Crippen LogP contribution in [-0.2, 0) is 0 Å². The number of aryl methyl sites for hydroxylation is 1. The van der Waals surface area contributed by atoms with Gasteiger partial charge >= 0.3 is 0 Å². The standard InChI is InChI=1S/C17H22N2O3.ClH/c1-12(2)18-7-9-22-15-4-5-16(13(3)10-15)19-17(20)14-6-8-21-11-14;/h4-6,8,10-12,18H,7,9H2,1-3H3,(H,19,20);1H. The summed E-state index contributed by atoms with van der Waals surface area (Å²) >= 11 is 0. The van der Waals surface area contributed by atoms with Gasteiger partial charge in [0.15, 0.2) is 0 Å². The van der Waals surface area contributed by atoms with Crippen LogP contribution in [0.5, 0.6) is 5.75 Å². The Morgan fingerprint density at radius 2 is 2.09 bits per heavy atom. The number of benzene rings is 1. The summed E-state index contributed by atoms with van der Waals surface area (Å²) in [6.45, 7) is 7.54. The van der Waals surface area contributed by atoms with Crippen LogP contribution in [0.1, 0.15) is 29.8 Å². The topological polar surface area (TPSA) is 63.5 Å². The number of ether oxygens (including phenoxy) is 1. The van der Waals surface area contributed by atoms with Crippen LogP contribution in [-0.4, -0.2) is 25.1 Å². The Hall–Kier alpha value is -1.98. The first-order valence-corrected chi connectivity index (χ1v) is 7.36. The Bertz CT molecular complexity index is 612. The van der Waals surface area contributed by atoms with Crippen molar-refractivity contribution in [1.29, 1.82) is 0 Å². The molecule has 0 aliphatic heterocycles. The number of rotatable bonds is 7. The molecule has 23 heavy (non-hydrogen) atoms. The fourth-order valence-corrected chi connectivity index (χ4v) is 1.97. The molecule has 1 heterocycles. The molecule has 0 unspecified atom stereocenters. The van der Waals surface area contributed by atoms with Gasteiger partial charge in [0, 0.05) is 18.3 Å². The van der Waals surface area contributed by atoms with Crippen molar-refractivity contribution < 1.29 is 13.9 Å². The molecule has 0 bridgehead atoms. The first kappa shape index (κ1) is 19.1. The number of hydrogen-bond acceptors (Lipinski definition) is 4. The number of halogens is 1. The molecule has 2 aromatic rings. The highest BCUT2D eigenvalue weighted by molar-refractivity contribution is 6.04. The lowest BCUT2D eigenvalue weighted by Gasteiger charge is -2.12. The Morgan fingerprint density at radius 1 is 1.30 bits per heavy atom. The largest absolute Gasteiger partial charge is 0.492 e. The maximum atomic E-state index is 12.0. The molecule has 0 fully saturated rings. The number of hydrogen-bond donors (Lipinski definition) is 2. The van der Waals surface area contributed by atoms with Crippen LogP contribution < -0.4 is 15.4 Å². The fourth-order valence-electron chi connectivity index (χ4n) is 1.97. The van der Waals surface area contributed by atoms with Gasteiger partial charge in [0.2, 0.25) is 0 Å². The summed E-state index contributed by atoms with van der Waals surface area (Å²) in [4.78, 5) is 12.0. The summed E-state index contributed by atoms with van der Waals surface area (Å²) in [6, 6.07) is 7.70. The van der Waals surface area contributed by atoms with Crippen LogP contribution in [0.25, 0.3) is 0 Å². The number of carbonyl (C=O) groups excluding carboxylic acids is 1. The zero-order chi connectivity index (χ0) is 15.9. The summed E-state index contributed by atoms with van der Waals surface area (Å²) in [5, 5.41) is 6.15. The van der Waals surface area contributed by atoms with E-state index in [0.29, 0.717) is 18.2 Å². The van der Waals surface area contributed by atoms with Crippen molar-refractivity contribution >= 4 is 24.0 Å². The Balaban J connectivity index is 0.00000264. The molecule has 0 radical (unpaired) electrons. The summed E-state index contributed by atoms with van der Waals surface area (Å²) in [5.74, 6) is 0.607. The van der Waals surface area contributed by atoms with Gasteiger partial charge in [-0.25, -0.2) is 0 Å². The number of carbonyl (C=O) groups is 1.